The Morgan fingerprint density at radius 1 is 0.829 bits per heavy atom. The van der Waals surface area contributed by atoms with Crippen molar-refractivity contribution in [2.75, 3.05) is 48.3 Å². The van der Waals surface area contributed by atoms with E-state index in [9.17, 15) is 9.46 Å². The van der Waals surface area contributed by atoms with Gasteiger partial charge in [0.25, 0.3) is 0 Å². The molecule has 13 heteroatoms. The van der Waals surface area contributed by atoms with Crippen LogP contribution >= 0.6 is 7.82 Å². The lowest BCUT2D eigenvalue weighted by molar-refractivity contribution is -0.211. The molecule has 0 aliphatic carbocycles. The van der Waals surface area contributed by atoms with Crippen LogP contribution in [0.4, 0.5) is 0 Å². The Kier molecular flexibility index (Phi) is 12.0. The van der Waals surface area contributed by atoms with E-state index < -0.39 is 33.2 Å². The molecule has 1 unspecified atom stereocenters. The average Bonchev–Trinajstić information content (AvgIpc) is 2.85. The van der Waals surface area contributed by atoms with Crippen LogP contribution in [-0.2, 0) is 4.57 Å². The molecule has 0 aromatic heterocycles. The van der Waals surface area contributed by atoms with Crippen LogP contribution in [0.5, 0.6) is 28.7 Å². The van der Waals surface area contributed by atoms with Gasteiger partial charge in [0.15, 0.2) is 23.0 Å². The molecule has 1 atom stereocenters. The summed E-state index contributed by atoms with van der Waals surface area (Å²) >= 11 is 0. The number of hydrogen-bond donors (Lipinski definition) is 5. The summed E-state index contributed by atoms with van der Waals surface area (Å²) in [5.41, 5.74) is 5.32. The van der Waals surface area contributed by atoms with Gasteiger partial charge in [0, 0.05) is 0 Å². The second kappa shape index (κ2) is 13.9. The Balaban J connectivity index is 0.000000658. The van der Waals surface area contributed by atoms with E-state index in [0.29, 0.717) is 22.8 Å². The number of phosphoric acid groups is 1. The van der Waals surface area contributed by atoms with Gasteiger partial charge in [-0.2, -0.15) is 0 Å². The molecule has 6 N–H and O–H groups in total. The summed E-state index contributed by atoms with van der Waals surface area (Å²) < 4.78 is 36.5. The zero-order valence-electron chi connectivity index (χ0n) is 19.8. The number of methoxy groups -OCH3 is 4. The Hall–Kier alpha value is -2.83. The molecule has 12 nitrogen and oxygen atoms in total. The molecular weight excluding hydrogens is 485 g/mol. The predicted molar refractivity (Wildman–Crippen MR) is 127 cm³/mol. The molecule has 0 aliphatic heterocycles. The largest absolute Gasteiger partial charge is 0.746 e. The zero-order valence-corrected chi connectivity index (χ0v) is 20.7. The van der Waals surface area contributed by atoms with E-state index >= 15 is 0 Å². The van der Waals surface area contributed by atoms with E-state index in [2.05, 4.69) is 4.52 Å². The second-order valence-electron chi connectivity index (χ2n) is 7.10. The number of hydrogen-bond acceptors (Lipinski definition) is 11. The zero-order chi connectivity index (χ0) is 26.6. The molecule has 0 aliphatic rings. The van der Waals surface area contributed by atoms with Gasteiger partial charge in [0.2, 0.25) is 5.75 Å². The molecule has 0 spiro atoms. The summed E-state index contributed by atoms with van der Waals surface area (Å²) in [6.07, 6.45) is 3.49. The van der Waals surface area contributed by atoms with Crippen molar-refractivity contribution in [3.05, 3.63) is 41.5 Å². The first-order valence-corrected chi connectivity index (χ1v) is 11.5. The summed E-state index contributed by atoms with van der Waals surface area (Å²) in [4.78, 5) is 19.9. The number of rotatable bonds is 11. The van der Waals surface area contributed by atoms with Crippen LogP contribution in [0.1, 0.15) is 11.1 Å². The van der Waals surface area contributed by atoms with Gasteiger partial charge in [-0.25, -0.2) is 0 Å². The van der Waals surface area contributed by atoms with Crippen LogP contribution in [0.25, 0.3) is 12.2 Å². The van der Waals surface area contributed by atoms with Gasteiger partial charge < -0.3 is 54.3 Å². The van der Waals surface area contributed by atoms with Crippen molar-refractivity contribution in [1.82, 2.24) is 0 Å². The van der Waals surface area contributed by atoms with E-state index in [0.717, 1.165) is 5.56 Å². The summed E-state index contributed by atoms with van der Waals surface area (Å²) in [7, 11) is 0.968. The molecule has 0 heterocycles. The second-order valence-corrected chi connectivity index (χ2v) is 8.22. The summed E-state index contributed by atoms with van der Waals surface area (Å²) in [5, 5.41) is 25.0. The van der Waals surface area contributed by atoms with Gasteiger partial charge in [-0.1, -0.05) is 18.2 Å². The van der Waals surface area contributed by atoms with Crippen LogP contribution < -0.4 is 34.1 Å². The van der Waals surface area contributed by atoms with Gasteiger partial charge in [0.05, 0.1) is 53.8 Å². The van der Waals surface area contributed by atoms with E-state index in [1.807, 2.05) is 0 Å². The molecule has 2 aromatic carbocycles. The third kappa shape index (κ3) is 9.38. The lowest BCUT2D eigenvalue weighted by Gasteiger charge is -2.20. The Morgan fingerprint density at radius 2 is 1.29 bits per heavy atom. The Bertz CT molecular complexity index is 985. The first-order valence-electron chi connectivity index (χ1n) is 10.0. The normalized spacial score (nSPS) is 12.9. The highest BCUT2D eigenvalue weighted by Gasteiger charge is 2.20. The van der Waals surface area contributed by atoms with Crippen LogP contribution in [0.3, 0.4) is 0 Å². The SMILES string of the molecule is COc1ccc(/C=C\c2cc(OC)c(OC)c(OC)c2)cc1OP(=O)([O-])O.NC(CO)(CO)CO. The van der Waals surface area contributed by atoms with Gasteiger partial charge in [-0.3, -0.25) is 4.57 Å². The monoisotopic (exact) mass is 516 g/mol. The minimum absolute atomic E-state index is 0.120. The first kappa shape index (κ1) is 30.2. The van der Waals surface area contributed by atoms with Crippen molar-refractivity contribution < 1.29 is 53.1 Å². The maximum atomic E-state index is 11.0. The molecule has 0 saturated carbocycles. The fourth-order valence-corrected chi connectivity index (χ4v) is 2.92. The Labute approximate surface area is 203 Å². The lowest BCUT2D eigenvalue weighted by atomic mass is 10.1. The van der Waals surface area contributed by atoms with Crippen LogP contribution in [0.2, 0.25) is 0 Å². The minimum atomic E-state index is -4.96. The number of benzene rings is 2. The summed E-state index contributed by atoms with van der Waals surface area (Å²) in [5.74, 6) is 1.53. The molecule has 2 aromatic rings. The molecule has 0 bridgehead atoms. The molecular formula is C22H31NO11P-. The number of ether oxygens (including phenoxy) is 4. The molecule has 196 valence electrons. The highest BCUT2D eigenvalue weighted by atomic mass is 31.2. The molecule has 35 heavy (non-hydrogen) atoms. The Morgan fingerprint density at radius 3 is 1.66 bits per heavy atom. The van der Waals surface area contributed by atoms with Gasteiger partial charge in [-0.15, -0.1) is 0 Å². The van der Waals surface area contributed by atoms with Gasteiger partial charge >= 0.3 is 7.82 Å². The van der Waals surface area contributed by atoms with Crippen molar-refractivity contribution in [3.8, 4) is 28.7 Å². The van der Waals surface area contributed by atoms with E-state index in [1.54, 1.807) is 30.4 Å². The van der Waals surface area contributed by atoms with E-state index in [4.69, 9.17) is 44.9 Å². The maximum absolute atomic E-state index is 11.0. The van der Waals surface area contributed by atoms with Crippen LogP contribution in [0.15, 0.2) is 30.3 Å². The topological polar surface area (TPSA) is 193 Å². The minimum Gasteiger partial charge on any atom is -0.746 e. The highest BCUT2D eigenvalue weighted by Crippen LogP contribution is 2.40. The van der Waals surface area contributed by atoms with Gasteiger partial charge in [-0.05, 0) is 35.4 Å². The molecule has 0 radical (unpaired) electrons. The quantitative estimate of drug-likeness (QED) is 0.204. The standard InChI is InChI=1S/C18H21O8P.C4H11NO3/c1-22-14-8-7-12(9-15(14)26-27(19,20)21)5-6-13-10-16(23-2)18(25-4)17(11-13)24-3;5-4(1-6,2-7)3-8/h5-11H,1-4H3,(H2,19,20,21);6-8H,1-3,5H2/p-1/b6-5-;. The lowest BCUT2D eigenvalue weighted by Crippen LogP contribution is -2.50. The predicted octanol–water partition coefficient (Wildman–Crippen LogP) is 0.392. The number of nitrogens with two attached hydrogens (primary N) is 1. The number of aliphatic hydroxyl groups excluding tert-OH is 3. The number of phosphoric ester groups is 1. The summed E-state index contributed by atoms with van der Waals surface area (Å²) in [6, 6.07) is 8.18. The van der Waals surface area contributed by atoms with E-state index in [1.165, 1.54) is 40.6 Å². The number of aliphatic hydroxyl groups is 3. The highest BCUT2D eigenvalue weighted by molar-refractivity contribution is 7.45. The molecule has 0 amide bonds. The smallest absolute Gasteiger partial charge is 0.317 e. The van der Waals surface area contributed by atoms with Crippen molar-refractivity contribution in [3.63, 3.8) is 0 Å². The molecule has 0 fully saturated rings. The third-order valence-electron chi connectivity index (χ3n) is 4.50. The van der Waals surface area contributed by atoms with Crippen molar-refractivity contribution in [2.24, 2.45) is 5.73 Å². The average molecular weight is 516 g/mol. The van der Waals surface area contributed by atoms with Crippen LogP contribution in [-0.4, -0.2) is 74.0 Å². The van der Waals surface area contributed by atoms with E-state index in [-0.39, 0.29) is 11.5 Å². The first-order chi connectivity index (χ1) is 16.5. The molecule has 0 saturated heterocycles. The van der Waals surface area contributed by atoms with Gasteiger partial charge in [0.1, 0.15) is 0 Å². The third-order valence-corrected chi connectivity index (χ3v) is 4.93. The van der Waals surface area contributed by atoms with Crippen molar-refractivity contribution in [2.45, 2.75) is 5.54 Å². The molecule has 2 rings (SSSR count). The van der Waals surface area contributed by atoms with Crippen LogP contribution in [0, 0.1) is 0 Å². The fourth-order valence-electron chi connectivity index (χ4n) is 2.53. The maximum Gasteiger partial charge on any atom is 0.317 e. The fraction of sp³-hybridized carbons (Fsp3) is 0.364. The van der Waals surface area contributed by atoms with Crippen molar-refractivity contribution in [1.29, 1.82) is 0 Å². The summed E-state index contributed by atoms with van der Waals surface area (Å²) in [6.45, 7) is -1.21. The van der Waals surface area contributed by atoms with Crippen molar-refractivity contribution >= 4 is 20.0 Å².